The summed E-state index contributed by atoms with van der Waals surface area (Å²) in [5, 5.41) is 18.0. The summed E-state index contributed by atoms with van der Waals surface area (Å²) < 4.78 is 26.1. The number of fused-ring (bicyclic) bond motifs is 1. The van der Waals surface area contributed by atoms with E-state index in [1.165, 1.54) is 12.7 Å². The summed E-state index contributed by atoms with van der Waals surface area (Å²) in [6.45, 7) is 6.23. The molecule has 1 unspecified atom stereocenters. The molecular formula is C25H33FN4O5. The molecule has 0 aliphatic carbocycles. The van der Waals surface area contributed by atoms with Crippen molar-refractivity contribution in [1.82, 2.24) is 15.2 Å². The van der Waals surface area contributed by atoms with Gasteiger partial charge >= 0.3 is 0 Å². The molecule has 2 N–H and O–H groups in total. The van der Waals surface area contributed by atoms with Crippen LogP contribution in [0.2, 0.25) is 0 Å². The molecule has 0 bridgehead atoms. The topological polar surface area (TPSA) is 95.9 Å². The maximum Gasteiger partial charge on any atom is 0.210 e. The number of methoxy groups -OCH3 is 1. The van der Waals surface area contributed by atoms with E-state index in [-0.39, 0.29) is 17.5 Å². The molecule has 2 heterocycles. The van der Waals surface area contributed by atoms with Crippen molar-refractivity contribution in [3.8, 4) is 11.5 Å². The summed E-state index contributed by atoms with van der Waals surface area (Å²) in [4.78, 5) is 15.8. The van der Waals surface area contributed by atoms with E-state index in [0.717, 1.165) is 38.4 Å². The van der Waals surface area contributed by atoms with Gasteiger partial charge in [-0.05, 0) is 30.5 Å². The Balaban J connectivity index is 0.000000795. The highest BCUT2D eigenvalue weighted by Gasteiger charge is 2.29. The zero-order valence-corrected chi connectivity index (χ0v) is 20.6. The third kappa shape index (κ3) is 6.27. The van der Waals surface area contributed by atoms with Crippen LogP contribution in [0, 0.1) is 5.82 Å². The Labute approximate surface area is 205 Å². The van der Waals surface area contributed by atoms with Crippen LogP contribution in [-0.4, -0.2) is 80.8 Å². The Morgan fingerprint density at radius 3 is 2.51 bits per heavy atom. The van der Waals surface area contributed by atoms with Gasteiger partial charge in [-0.1, -0.05) is 24.3 Å². The van der Waals surface area contributed by atoms with E-state index in [1.807, 2.05) is 31.1 Å². The van der Waals surface area contributed by atoms with Gasteiger partial charge in [0.25, 0.3) is 0 Å². The number of halogens is 1. The van der Waals surface area contributed by atoms with Crippen LogP contribution in [0.5, 0.6) is 11.5 Å². The summed E-state index contributed by atoms with van der Waals surface area (Å²) in [5.41, 5.74) is 3.60. The Bertz CT molecular complexity index is 1030. The van der Waals surface area contributed by atoms with Crippen LogP contribution in [0.3, 0.4) is 0 Å². The van der Waals surface area contributed by atoms with Crippen LogP contribution in [0.15, 0.2) is 35.4 Å². The highest BCUT2D eigenvalue weighted by atomic mass is 19.1. The molecule has 2 aromatic carbocycles. The van der Waals surface area contributed by atoms with Gasteiger partial charge in [0.1, 0.15) is 5.71 Å². The minimum absolute atomic E-state index is 0.0381. The lowest BCUT2D eigenvalue weighted by molar-refractivity contribution is -0.139. The average Bonchev–Trinajstić information content (AvgIpc) is 3.01. The number of hydrogen-bond acceptors (Lipinski definition) is 8. The van der Waals surface area contributed by atoms with Crippen LogP contribution in [-0.2, 0) is 22.5 Å². The highest BCUT2D eigenvalue weighted by molar-refractivity contribution is 6.14. The van der Waals surface area contributed by atoms with Gasteiger partial charge in [-0.25, -0.2) is 9.65 Å². The number of amides is 1. The molecule has 1 atom stereocenters. The largest absolute Gasteiger partial charge is 0.490 e. The predicted octanol–water partition coefficient (Wildman–Crippen LogP) is 2.51. The van der Waals surface area contributed by atoms with Crippen LogP contribution in [0.1, 0.15) is 29.2 Å². The second-order valence-corrected chi connectivity index (χ2v) is 8.41. The number of hydrazone groups is 1. The molecule has 2 aliphatic rings. The molecule has 0 spiro atoms. The minimum atomic E-state index is -0.595. The van der Waals surface area contributed by atoms with E-state index >= 15 is 4.39 Å². The van der Waals surface area contributed by atoms with Gasteiger partial charge in [-0.2, -0.15) is 5.10 Å². The third-order valence-corrected chi connectivity index (χ3v) is 6.07. The molecular weight excluding hydrogens is 455 g/mol. The van der Waals surface area contributed by atoms with Crippen LogP contribution in [0.25, 0.3) is 0 Å². The first kappa shape index (κ1) is 26.4. The molecule has 9 nitrogen and oxygen atoms in total. The number of nitrogens with zero attached hydrogens (tertiary/aromatic N) is 3. The quantitative estimate of drug-likeness (QED) is 0.367. The van der Waals surface area contributed by atoms with E-state index in [9.17, 15) is 5.26 Å². The molecule has 1 fully saturated rings. The molecule has 2 aromatic rings. The van der Waals surface area contributed by atoms with Gasteiger partial charge in [0.15, 0.2) is 5.82 Å². The van der Waals surface area contributed by atoms with E-state index < -0.39 is 5.82 Å². The highest BCUT2D eigenvalue weighted by Crippen LogP contribution is 2.37. The summed E-state index contributed by atoms with van der Waals surface area (Å²) >= 11 is 0. The van der Waals surface area contributed by atoms with Gasteiger partial charge in [-0.3, -0.25) is 14.7 Å². The Hall–Kier alpha value is -3.21. The molecule has 0 aromatic heterocycles. The van der Waals surface area contributed by atoms with E-state index in [2.05, 4.69) is 27.2 Å². The number of carbonyl (C=O) groups excluding carboxylic acids is 1. The molecule has 0 saturated carbocycles. The van der Waals surface area contributed by atoms with Crippen molar-refractivity contribution in [3.63, 3.8) is 0 Å². The van der Waals surface area contributed by atoms with Gasteiger partial charge < -0.3 is 19.7 Å². The van der Waals surface area contributed by atoms with Crippen molar-refractivity contribution < 1.29 is 28.8 Å². The van der Waals surface area contributed by atoms with Crippen LogP contribution < -0.4 is 14.9 Å². The minimum Gasteiger partial charge on any atom is -0.490 e. The summed E-state index contributed by atoms with van der Waals surface area (Å²) in [7, 11) is 4.78. The number of likely N-dealkylation sites (N-methyl/N-ethyl adjacent to an activating group) is 1. The molecule has 190 valence electrons. The van der Waals surface area contributed by atoms with Crippen molar-refractivity contribution in [2.45, 2.75) is 25.9 Å². The third-order valence-electron chi connectivity index (χ3n) is 6.07. The number of nitrogens with one attached hydrogen (secondary N) is 1. The number of hydrogen-bond donors (Lipinski definition) is 2. The van der Waals surface area contributed by atoms with Gasteiger partial charge in [-0.15, -0.1) is 0 Å². The zero-order chi connectivity index (χ0) is 25.4. The van der Waals surface area contributed by atoms with Crippen LogP contribution in [0.4, 0.5) is 4.39 Å². The standard InChI is InChI=1S/C23H28FN3O4.C2H5NO/c1-15-12-18-13-19(31-28)23(29-3)21(24)20(18)22(25-26(15)2)17-6-4-16(5-7-17)14-27-8-10-30-11-9-27;1-3-2-4/h4-7,13,15,28H,8-12,14H2,1-3H3;2H,1H3,(H,3,4). The first-order valence-corrected chi connectivity index (χ1v) is 11.5. The number of morpholine rings is 1. The Kier molecular flexibility index (Phi) is 9.41. The lowest BCUT2D eigenvalue weighted by Crippen LogP contribution is -2.35. The van der Waals surface area contributed by atoms with Gasteiger partial charge in [0.05, 0.1) is 20.3 Å². The van der Waals surface area contributed by atoms with Crippen LogP contribution >= 0.6 is 0 Å². The molecule has 35 heavy (non-hydrogen) atoms. The van der Waals surface area contributed by atoms with Crippen molar-refractivity contribution in [2.75, 3.05) is 47.5 Å². The Morgan fingerprint density at radius 1 is 1.29 bits per heavy atom. The first-order chi connectivity index (χ1) is 16.9. The van der Waals surface area contributed by atoms with Crippen molar-refractivity contribution in [2.24, 2.45) is 5.10 Å². The predicted molar refractivity (Wildman–Crippen MR) is 130 cm³/mol. The Morgan fingerprint density at radius 2 is 1.94 bits per heavy atom. The maximum absolute atomic E-state index is 15.5. The monoisotopic (exact) mass is 488 g/mol. The molecule has 10 heteroatoms. The molecule has 4 rings (SSSR count). The van der Waals surface area contributed by atoms with Crippen molar-refractivity contribution >= 4 is 12.1 Å². The maximum atomic E-state index is 15.5. The zero-order valence-electron chi connectivity index (χ0n) is 20.6. The fraction of sp³-hybridized carbons (Fsp3) is 0.440. The summed E-state index contributed by atoms with van der Waals surface area (Å²) in [6, 6.07) is 9.73. The molecule has 2 aliphatic heterocycles. The summed E-state index contributed by atoms with van der Waals surface area (Å²) in [5.74, 6) is -0.784. The molecule has 1 saturated heterocycles. The number of rotatable bonds is 6. The first-order valence-electron chi connectivity index (χ1n) is 11.5. The van der Waals surface area contributed by atoms with E-state index in [4.69, 9.17) is 19.4 Å². The lowest BCUT2D eigenvalue weighted by atomic mass is 9.93. The van der Waals surface area contributed by atoms with Gasteiger partial charge in [0.2, 0.25) is 17.9 Å². The van der Waals surface area contributed by atoms with Crippen molar-refractivity contribution in [1.29, 1.82) is 0 Å². The number of carbonyl (C=O) groups is 1. The number of benzene rings is 2. The summed E-state index contributed by atoms with van der Waals surface area (Å²) in [6.07, 6.45) is 1.17. The fourth-order valence-corrected chi connectivity index (χ4v) is 4.08. The van der Waals surface area contributed by atoms with Crippen molar-refractivity contribution in [3.05, 3.63) is 58.4 Å². The smallest absolute Gasteiger partial charge is 0.210 e. The second-order valence-electron chi connectivity index (χ2n) is 8.41. The normalized spacial score (nSPS) is 17.8. The van der Waals surface area contributed by atoms with E-state index in [0.29, 0.717) is 29.7 Å². The lowest BCUT2D eigenvalue weighted by Gasteiger charge is -2.26. The number of ether oxygens (including phenoxy) is 2. The molecule has 0 radical (unpaired) electrons. The molecule has 1 amide bonds. The van der Waals surface area contributed by atoms with E-state index in [1.54, 1.807) is 13.1 Å². The average molecular weight is 489 g/mol. The SMILES string of the molecule is CNC=O.COc1c(OO)cc2c(c1F)C(c1ccc(CN3CCOCC3)cc1)=NN(C)C(C)C2. The van der Waals surface area contributed by atoms with Gasteiger partial charge in [0, 0.05) is 50.9 Å². The fourth-order valence-electron chi connectivity index (χ4n) is 4.08. The second kappa shape index (κ2) is 12.5.